The van der Waals surface area contributed by atoms with Crippen molar-refractivity contribution in [2.75, 3.05) is 25.2 Å². The van der Waals surface area contributed by atoms with E-state index in [2.05, 4.69) is 0 Å². The first-order valence-corrected chi connectivity index (χ1v) is 4.32. The first-order valence-electron chi connectivity index (χ1n) is 3.17. The zero-order valence-electron chi connectivity index (χ0n) is 6.22. The average Bonchev–Trinajstić information content (AvgIpc) is 1.87. The van der Waals surface area contributed by atoms with E-state index in [1.54, 1.807) is 18.9 Å². The molecule has 0 aromatic heterocycles. The molecule has 10 heavy (non-hydrogen) atoms. The lowest BCUT2D eigenvalue weighted by atomic mass is 10.5. The first-order chi connectivity index (χ1) is 4.77. The molecule has 0 bridgehead atoms. The van der Waals surface area contributed by atoms with Crippen molar-refractivity contribution in [3.63, 3.8) is 0 Å². The highest BCUT2D eigenvalue weighted by Crippen LogP contribution is 2.00. The quantitative estimate of drug-likeness (QED) is 0.343. The molecule has 0 saturated carbocycles. The van der Waals surface area contributed by atoms with Crippen molar-refractivity contribution in [2.24, 2.45) is 5.73 Å². The van der Waals surface area contributed by atoms with E-state index in [9.17, 15) is 0 Å². The summed E-state index contributed by atoms with van der Waals surface area (Å²) in [5.74, 6) is 2.19. The van der Waals surface area contributed by atoms with Crippen molar-refractivity contribution in [3.05, 3.63) is 0 Å². The smallest absolute Gasteiger partial charge is 0.0913 e. The third-order valence-electron chi connectivity index (χ3n) is 0.948. The van der Waals surface area contributed by atoms with Gasteiger partial charge in [0, 0.05) is 25.0 Å². The second-order valence-electron chi connectivity index (χ2n) is 1.88. The molecule has 0 spiro atoms. The van der Waals surface area contributed by atoms with E-state index in [1.165, 1.54) is 0 Å². The van der Waals surface area contributed by atoms with Gasteiger partial charge in [0.2, 0.25) is 0 Å². The lowest BCUT2D eigenvalue weighted by Crippen LogP contribution is -2.10. The number of rotatable bonds is 6. The number of thioether (sulfide) groups is 1. The molecule has 0 aromatic carbocycles. The molecule has 0 amide bonds. The monoisotopic (exact) mass is 162 g/mol. The number of hydrogen-bond donors (Lipinski definition) is 2. The van der Waals surface area contributed by atoms with Crippen LogP contribution in [0.25, 0.3) is 0 Å². The lowest BCUT2D eigenvalue weighted by molar-refractivity contribution is 0.218. The Hall–Kier alpha value is -0.220. The van der Waals surface area contributed by atoms with E-state index >= 15 is 0 Å². The molecular formula is C6H14N2OS. The van der Waals surface area contributed by atoms with E-state index in [1.807, 2.05) is 0 Å². The van der Waals surface area contributed by atoms with Gasteiger partial charge in [-0.1, -0.05) is 0 Å². The Morgan fingerprint density at radius 1 is 1.60 bits per heavy atom. The molecule has 0 aliphatic carbocycles. The fourth-order valence-electron chi connectivity index (χ4n) is 0.426. The summed E-state index contributed by atoms with van der Waals surface area (Å²) in [6.07, 6.45) is 0.689. The molecule has 0 rings (SSSR count). The normalized spacial score (nSPS) is 9.70. The zero-order valence-corrected chi connectivity index (χ0v) is 7.04. The van der Waals surface area contributed by atoms with Crippen LogP contribution in [0.2, 0.25) is 0 Å². The van der Waals surface area contributed by atoms with Crippen molar-refractivity contribution in [1.82, 2.24) is 0 Å². The third kappa shape index (κ3) is 7.78. The number of nitrogens with two attached hydrogens (primary N) is 1. The Labute approximate surface area is 65.8 Å². The highest BCUT2D eigenvalue weighted by molar-refractivity contribution is 7.99. The van der Waals surface area contributed by atoms with Gasteiger partial charge >= 0.3 is 0 Å². The summed E-state index contributed by atoms with van der Waals surface area (Å²) >= 11 is 1.76. The Morgan fingerprint density at radius 2 is 2.30 bits per heavy atom. The summed E-state index contributed by atoms with van der Waals surface area (Å²) in [5, 5.41) is 6.91. The van der Waals surface area contributed by atoms with Gasteiger partial charge in [0.1, 0.15) is 0 Å². The van der Waals surface area contributed by atoms with Gasteiger partial charge in [0.15, 0.2) is 0 Å². The summed E-state index contributed by atoms with van der Waals surface area (Å²) in [5.41, 5.74) is 5.15. The van der Waals surface area contributed by atoms with Crippen LogP contribution in [0.1, 0.15) is 6.42 Å². The van der Waals surface area contributed by atoms with Crippen LogP contribution < -0.4 is 5.73 Å². The minimum atomic E-state index is 0.268. The molecule has 3 nitrogen and oxygen atoms in total. The van der Waals surface area contributed by atoms with Crippen molar-refractivity contribution >= 4 is 17.6 Å². The second-order valence-corrected chi connectivity index (χ2v) is 3.11. The highest BCUT2D eigenvalue weighted by atomic mass is 32.2. The summed E-state index contributed by atoms with van der Waals surface area (Å²) in [4.78, 5) is 0. The van der Waals surface area contributed by atoms with Crippen molar-refractivity contribution in [3.8, 4) is 0 Å². The second kappa shape index (κ2) is 6.89. The highest BCUT2D eigenvalue weighted by Gasteiger charge is 1.90. The molecule has 0 aromatic rings. The summed E-state index contributed by atoms with van der Waals surface area (Å²) in [6, 6.07) is 0. The van der Waals surface area contributed by atoms with E-state index in [0.29, 0.717) is 6.42 Å². The summed E-state index contributed by atoms with van der Waals surface area (Å²) in [7, 11) is 1.69. The lowest BCUT2D eigenvalue weighted by Gasteiger charge is -1.98. The Bertz CT molecular complexity index is 97.7. The predicted octanol–water partition coefficient (Wildman–Crippen LogP) is 0.692. The maximum atomic E-state index is 6.91. The molecule has 0 aliphatic rings. The van der Waals surface area contributed by atoms with Gasteiger partial charge in [0.05, 0.1) is 12.4 Å². The maximum Gasteiger partial charge on any atom is 0.0913 e. The number of ether oxygens (including phenoxy) is 1. The van der Waals surface area contributed by atoms with Crippen molar-refractivity contribution in [2.45, 2.75) is 6.42 Å². The maximum absolute atomic E-state index is 6.91. The molecule has 3 N–H and O–H groups in total. The molecule has 0 radical (unpaired) electrons. The SMILES string of the molecule is COCCSCCC(=N)N. The molecule has 0 atom stereocenters. The van der Waals surface area contributed by atoms with E-state index in [4.69, 9.17) is 15.9 Å². The van der Waals surface area contributed by atoms with Crippen LogP contribution in [0.5, 0.6) is 0 Å². The fraction of sp³-hybridized carbons (Fsp3) is 0.833. The summed E-state index contributed by atoms with van der Waals surface area (Å²) in [6.45, 7) is 0.780. The molecule has 0 saturated heterocycles. The average molecular weight is 162 g/mol. The first kappa shape index (κ1) is 9.78. The van der Waals surface area contributed by atoms with Gasteiger partial charge < -0.3 is 10.5 Å². The van der Waals surface area contributed by atoms with Gasteiger partial charge in [-0.25, -0.2) is 0 Å². The number of hydrogen-bond acceptors (Lipinski definition) is 3. The third-order valence-corrected chi connectivity index (χ3v) is 1.90. The van der Waals surface area contributed by atoms with Crippen LogP contribution in [-0.2, 0) is 4.74 Å². The van der Waals surface area contributed by atoms with E-state index in [-0.39, 0.29) is 5.84 Å². The van der Waals surface area contributed by atoms with Gasteiger partial charge in [0.25, 0.3) is 0 Å². The molecule has 0 fully saturated rings. The Morgan fingerprint density at radius 3 is 2.80 bits per heavy atom. The van der Waals surface area contributed by atoms with E-state index < -0.39 is 0 Å². The molecular weight excluding hydrogens is 148 g/mol. The van der Waals surface area contributed by atoms with Crippen LogP contribution in [0.3, 0.4) is 0 Å². The Kier molecular flexibility index (Phi) is 6.74. The number of nitrogens with one attached hydrogen (secondary N) is 1. The number of methoxy groups -OCH3 is 1. The minimum Gasteiger partial charge on any atom is -0.388 e. The van der Waals surface area contributed by atoms with Gasteiger partial charge in [-0.3, -0.25) is 5.41 Å². The van der Waals surface area contributed by atoms with Crippen molar-refractivity contribution < 1.29 is 4.74 Å². The predicted molar refractivity (Wildman–Crippen MR) is 45.7 cm³/mol. The van der Waals surface area contributed by atoms with Crippen LogP contribution in [0.15, 0.2) is 0 Å². The van der Waals surface area contributed by atoms with Crippen LogP contribution >= 0.6 is 11.8 Å². The molecule has 0 aliphatic heterocycles. The standard InChI is InChI=1S/C6H14N2OS/c1-9-3-5-10-4-2-6(7)8/h2-5H2,1H3,(H3,7,8). The van der Waals surface area contributed by atoms with Crippen molar-refractivity contribution in [1.29, 1.82) is 5.41 Å². The summed E-state index contributed by atoms with van der Waals surface area (Å²) < 4.78 is 4.84. The van der Waals surface area contributed by atoms with Crippen LogP contribution in [0.4, 0.5) is 0 Å². The zero-order chi connectivity index (χ0) is 7.82. The van der Waals surface area contributed by atoms with Crippen LogP contribution in [0, 0.1) is 5.41 Å². The fourth-order valence-corrected chi connectivity index (χ4v) is 1.28. The Balaban J connectivity index is 2.84. The molecule has 0 unspecified atom stereocenters. The van der Waals surface area contributed by atoms with Gasteiger partial charge in [-0.05, 0) is 0 Å². The number of amidine groups is 1. The molecule has 4 heteroatoms. The van der Waals surface area contributed by atoms with Crippen LogP contribution in [-0.4, -0.2) is 31.1 Å². The topological polar surface area (TPSA) is 59.1 Å². The largest absolute Gasteiger partial charge is 0.388 e. The molecule has 60 valence electrons. The van der Waals surface area contributed by atoms with Gasteiger partial charge in [-0.2, -0.15) is 11.8 Å². The molecule has 0 heterocycles. The van der Waals surface area contributed by atoms with E-state index in [0.717, 1.165) is 18.1 Å². The minimum absolute atomic E-state index is 0.268. The van der Waals surface area contributed by atoms with Gasteiger partial charge in [-0.15, -0.1) is 0 Å².